The molecule has 0 fully saturated rings. The van der Waals surface area contributed by atoms with Crippen LogP contribution in [0.1, 0.15) is 24.4 Å². The smallest absolute Gasteiger partial charge is 0.145 e. The van der Waals surface area contributed by atoms with Gasteiger partial charge in [0, 0.05) is 30.2 Å². The molecule has 6 nitrogen and oxygen atoms in total. The molecule has 0 aliphatic carbocycles. The van der Waals surface area contributed by atoms with Crippen LogP contribution in [-0.2, 0) is 13.6 Å². The van der Waals surface area contributed by atoms with Gasteiger partial charge in [0.05, 0.1) is 18.3 Å². The lowest BCUT2D eigenvalue weighted by molar-refractivity contribution is 0.247. The van der Waals surface area contributed by atoms with Crippen LogP contribution in [0.25, 0.3) is 10.9 Å². The van der Waals surface area contributed by atoms with E-state index in [1.165, 1.54) is 5.56 Å². The van der Waals surface area contributed by atoms with Crippen molar-refractivity contribution in [1.82, 2.24) is 24.6 Å². The highest BCUT2D eigenvalue weighted by Gasteiger charge is 2.15. The fourth-order valence-corrected chi connectivity index (χ4v) is 2.49. The van der Waals surface area contributed by atoms with Gasteiger partial charge in [-0.05, 0) is 26.1 Å². The lowest BCUT2D eigenvalue weighted by atomic mass is 10.1. The average Bonchev–Trinajstić information content (AvgIpc) is 2.93. The van der Waals surface area contributed by atoms with E-state index in [2.05, 4.69) is 26.9 Å². The summed E-state index contributed by atoms with van der Waals surface area (Å²) in [5.74, 6) is 1.26. The molecule has 0 aliphatic rings. The predicted molar refractivity (Wildman–Crippen MR) is 87.0 cm³/mol. The first-order chi connectivity index (χ1) is 10.5. The number of fused-ring (bicyclic) bond motifs is 1. The van der Waals surface area contributed by atoms with Gasteiger partial charge in [-0.25, -0.2) is 9.97 Å². The molecule has 6 heteroatoms. The van der Waals surface area contributed by atoms with Gasteiger partial charge in [-0.3, -0.25) is 9.58 Å². The van der Waals surface area contributed by atoms with E-state index in [0.29, 0.717) is 12.4 Å². The van der Waals surface area contributed by atoms with Crippen molar-refractivity contribution in [2.24, 2.45) is 7.05 Å². The molecule has 0 radical (unpaired) electrons. The van der Waals surface area contributed by atoms with Crippen LogP contribution in [0.15, 0.2) is 36.7 Å². The van der Waals surface area contributed by atoms with Crippen molar-refractivity contribution >= 4 is 16.7 Å². The number of nitrogens with two attached hydrogens (primary N) is 1. The van der Waals surface area contributed by atoms with Gasteiger partial charge in [0.15, 0.2) is 0 Å². The molecule has 1 aromatic carbocycles. The van der Waals surface area contributed by atoms with Crippen LogP contribution in [0.2, 0.25) is 0 Å². The maximum absolute atomic E-state index is 6.04. The van der Waals surface area contributed by atoms with E-state index >= 15 is 0 Å². The Balaban J connectivity index is 1.83. The number of rotatable bonds is 4. The maximum Gasteiger partial charge on any atom is 0.145 e. The zero-order valence-corrected chi connectivity index (χ0v) is 13.1. The number of hydrogen-bond acceptors (Lipinski definition) is 5. The Morgan fingerprint density at radius 2 is 2.05 bits per heavy atom. The molecule has 0 saturated heterocycles. The number of anilines is 1. The highest BCUT2D eigenvalue weighted by atomic mass is 15.2. The molecule has 0 spiro atoms. The second-order valence-corrected chi connectivity index (χ2v) is 5.58. The molecule has 3 rings (SSSR count). The van der Waals surface area contributed by atoms with Crippen LogP contribution in [0.5, 0.6) is 0 Å². The quantitative estimate of drug-likeness (QED) is 0.798. The van der Waals surface area contributed by atoms with Crippen LogP contribution in [-0.4, -0.2) is 31.7 Å². The van der Waals surface area contributed by atoms with Gasteiger partial charge in [-0.15, -0.1) is 0 Å². The van der Waals surface area contributed by atoms with E-state index < -0.39 is 0 Å². The highest BCUT2D eigenvalue weighted by molar-refractivity contribution is 5.87. The molecule has 1 atom stereocenters. The molecule has 2 aromatic heterocycles. The summed E-state index contributed by atoms with van der Waals surface area (Å²) < 4.78 is 1.81. The minimum Gasteiger partial charge on any atom is -0.383 e. The van der Waals surface area contributed by atoms with E-state index in [9.17, 15) is 0 Å². The van der Waals surface area contributed by atoms with E-state index in [1.54, 1.807) is 0 Å². The minimum absolute atomic E-state index is 0.227. The standard InChI is InChI=1S/C16H20N6/c1-11(12-8-18-22(3)9-12)21(2)10-15-19-14-7-5-4-6-13(14)16(17)20-15/h4-9,11H,10H2,1-3H3,(H2,17,19,20)/t11-/m1/s1. The molecule has 0 bridgehead atoms. The zero-order valence-electron chi connectivity index (χ0n) is 13.1. The van der Waals surface area contributed by atoms with Crippen LogP contribution in [0.4, 0.5) is 5.82 Å². The van der Waals surface area contributed by atoms with Crippen molar-refractivity contribution in [1.29, 1.82) is 0 Å². The molecule has 0 aliphatic heterocycles. The van der Waals surface area contributed by atoms with Gasteiger partial charge < -0.3 is 5.73 Å². The number of benzene rings is 1. The van der Waals surface area contributed by atoms with E-state index in [4.69, 9.17) is 5.73 Å². The van der Waals surface area contributed by atoms with E-state index in [0.717, 1.165) is 16.7 Å². The van der Waals surface area contributed by atoms with Crippen molar-refractivity contribution in [2.45, 2.75) is 19.5 Å². The fraction of sp³-hybridized carbons (Fsp3) is 0.312. The first kappa shape index (κ1) is 14.5. The van der Waals surface area contributed by atoms with Gasteiger partial charge in [0.25, 0.3) is 0 Å². The maximum atomic E-state index is 6.04. The van der Waals surface area contributed by atoms with Crippen molar-refractivity contribution in [3.8, 4) is 0 Å². The minimum atomic E-state index is 0.227. The van der Waals surface area contributed by atoms with Gasteiger partial charge >= 0.3 is 0 Å². The topological polar surface area (TPSA) is 72.9 Å². The molecule has 0 saturated carbocycles. The predicted octanol–water partition coefficient (Wildman–Crippen LogP) is 2.14. The second-order valence-electron chi connectivity index (χ2n) is 5.58. The molecule has 3 aromatic rings. The fourth-order valence-electron chi connectivity index (χ4n) is 2.49. The Hall–Kier alpha value is -2.47. The molecular weight excluding hydrogens is 276 g/mol. The molecule has 22 heavy (non-hydrogen) atoms. The lowest BCUT2D eigenvalue weighted by Crippen LogP contribution is -2.23. The number of hydrogen-bond donors (Lipinski definition) is 1. The summed E-state index contributed by atoms with van der Waals surface area (Å²) in [5.41, 5.74) is 8.09. The Bertz CT molecular complexity index is 794. The highest BCUT2D eigenvalue weighted by Crippen LogP contribution is 2.21. The molecule has 2 N–H and O–H groups in total. The van der Waals surface area contributed by atoms with Gasteiger partial charge in [0.1, 0.15) is 11.6 Å². The van der Waals surface area contributed by atoms with E-state index in [1.807, 2.05) is 55.4 Å². The number of nitrogen functional groups attached to an aromatic ring is 1. The first-order valence-corrected chi connectivity index (χ1v) is 7.24. The van der Waals surface area contributed by atoms with Crippen molar-refractivity contribution in [3.05, 3.63) is 48.0 Å². The van der Waals surface area contributed by atoms with E-state index in [-0.39, 0.29) is 6.04 Å². The Labute approximate surface area is 129 Å². The summed E-state index contributed by atoms with van der Waals surface area (Å²) in [6.45, 7) is 2.77. The molecule has 114 valence electrons. The van der Waals surface area contributed by atoms with Crippen LogP contribution in [0, 0.1) is 0 Å². The lowest BCUT2D eigenvalue weighted by Gasteiger charge is -2.23. The summed E-state index contributed by atoms with van der Waals surface area (Å²) in [5, 5.41) is 5.12. The Morgan fingerprint density at radius 1 is 1.27 bits per heavy atom. The normalized spacial score (nSPS) is 12.9. The molecule has 0 amide bonds. The SMILES string of the molecule is C[C@H](c1cnn(C)c1)N(C)Cc1nc(N)c2ccccc2n1. The van der Waals surface area contributed by atoms with Crippen LogP contribution >= 0.6 is 0 Å². The van der Waals surface area contributed by atoms with Gasteiger partial charge in [-0.1, -0.05) is 12.1 Å². The van der Waals surface area contributed by atoms with Crippen LogP contribution in [0.3, 0.4) is 0 Å². The van der Waals surface area contributed by atoms with Crippen molar-refractivity contribution in [3.63, 3.8) is 0 Å². The summed E-state index contributed by atoms with van der Waals surface area (Å²) in [6.07, 6.45) is 3.91. The Morgan fingerprint density at radius 3 is 2.77 bits per heavy atom. The molecule has 0 unspecified atom stereocenters. The van der Waals surface area contributed by atoms with Gasteiger partial charge in [0.2, 0.25) is 0 Å². The monoisotopic (exact) mass is 296 g/mol. The van der Waals surface area contributed by atoms with Crippen LogP contribution < -0.4 is 5.73 Å². The molecule has 2 heterocycles. The summed E-state index contributed by atoms with van der Waals surface area (Å²) in [4.78, 5) is 11.2. The van der Waals surface area contributed by atoms with Crippen molar-refractivity contribution < 1.29 is 0 Å². The summed E-state index contributed by atoms with van der Waals surface area (Å²) >= 11 is 0. The van der Waals surface area contributed by atoms with Crippen molar-refractivity contribution in [2.75, 3.05) is 12.8 Å². The third kappa shape index (κ3) is 2.78. The molecular formula is C16H20N6. The number of aromatic nitrogens is 4. The zero-order chi connectivity index (χ0) is 15.7. The summed E-state index contributed by atoms with van der Waals surface area (Å²) in [7, 11) is 3.97. The second kappa shape index (κ2) is 5.73. The number of para-hydroxylation sites is 1. The number of aryl methyl sites for hydroxylation is 1. The average molecular weight is 296 g/mol. The summed E-state index contributed by atoms with van der Waals surface area (Å²) in [6, 6.07) is 8.03. The first-order valence-electron chi connectivity index (χ1n) is 7.24. The Kier molecular flexibility index (Phi) is 3.77. The third-order valence-corrected chi connectivity index (χ3v) is 3.94. The third-order valence-electron chi connectivity index (χ3n) is 3.94. The number of nitrogens with zero attached hydrogens (tertiary/aromatic N) is 5. The largest absolute Gasteiger partial charge is 0.383 e. The van der Waals surface area contributed by atoms with Gasteiger partial charge in [-0.2, -0.15) is 5.10 Å².